The van der Waals surface area contributed by atoms with Crippen molar-refractivity contribution in [2.45, 2.75) is 38.0 Å². The van der Waals surface area contributed by atoms with Crippen molar-refractivity contribution in [2.75, 3.05) is 26.7 Å². The first-order valence-electron chi connectivity index (χ1n) is 11.0. The Morgan fingerprint density at radius 2 is 1.91 bits per heavy atom. The molecule has 2 aromatic rings. The van der Waals surface area contributed by atoms with Gasteiger partial charge in [-0.3, -0.25) is 9.59 Å². The normalized spacial score (nSPS) is 15.2. The van der Waals surface area contributed by atoms with E-state index in [4.69, 9.17) is 4.74 Å². The number of amidine groups is 1. The van der Waals surface area contributed by atoms with Crippen LogP contribution in [-0.2, 0) is 11.0 Å². The molecule has 1 amide bonds. The molecule has 1 aromatic heterocycles. The van der Waals surface area contributed by atoms with Crippen LogP contribution in [0.5, 0.6) is 5.75 Å². The minimum Gasteiger partial charge on any atom is -0.490 e. The lowest BCUT2D eigenvalue weighted by atomic mass is 10.1. The van der Waals surface area contributed by atoms with Gasteiger partial charge in [0.2, 0.25) is 5.84 Å². The Labute approximate surface area is 200 Å². The first kappa shape index (κ1) is 25.5. The van der Waals surface area contributed by atoms with Gasteiger partial charge in [-0.15, -0.1) is 11.3 Å². The molecule has 2 N–H and O–H groups in total. The van der Waals surface area contributed by atoms with E-state index in [-0.39, 0.29) is 23.3 Å². The fourth-order valence-corrected chi connectivity index (χ4v) is 4.26. The average molecular weight is 497 g/mol. The quantitative estimate of drug-likeness (QED) is 0.190. The number of Topliss-reactive ketones (excluding diaryl/α,β-unsaturated/α-hetero) is 1. The van der Waals surface area contributed by atoms with Gasteiger partial charge in [-0.25, -0.2) is 0 Å². The molecular formula is C23H27F3N4O3S. The number of carbonyl (C=O) groups is 2. The number of rotatable bonds is 8. The van der Waals surface area contributed by atoms with Crippen LogP contribution in [0.3, 0.4) is 0 Å². The highest BCUT2D eigenvalue weighted by atomic mass is 32.1. The third kappa shape index (κ3) is 6.96. The number of ether oxygens (including phenoxy) is 1. The molecular weight excluding hydrogens is 469 g/mol. The van der Waals surface area contributed by atoms with Crippen LogP contribution in [0.1, 0.15) is 40.9 Å². The van der Waals surface area contributed by atoms with Gasteiger partial charge < -0.3 is 20.4 Å². The van der Waals surface area contributed by atoms with Gasteiger partial charge in [-0.05, 0) is 30.0 Å². The number of likely N-dealkylation sites (N-methyl/N-ethyl adjacent to an activating group) is 1. The number of nitrogens with one attached hydrogen (secondary N) is 2. The van der Waals surface area contributed by atoms with Crippen molar-refractivity contribution in [1.29, 1.82) is 0 Å². The lowest BCUT2D eigenvalue weighted by molar-refractivity contribution is -0.139. The molecule has 0 unspecified atom stereocenters. The smallest absolute Gasteiger partial charge is 0.419 e. The van der Waals surface area contributed by atoms with Crippen molar-refractivity contribution >= 4 is 28.9 Å². The van der Waals surface area contributed by atoms with Gasteiger partial charge in [-0.1, -0.05) is 18.2 Å². The van der Waals surface area contributed by atoms with Crippen molar-refractivity contribution in [3.8, 4) is 5.75 Å². The Morgan fingerprint density at radius 3 is 2.56 bits per heavy atom. The van der Waals surface area contributed by atoms with Gasteiger partial charge in [0.15, 0.2) is 5.78 Å². The van der Waals surface area contributed by atoms with E-state index < -0.39 is 17.8 Å². The summed E-state index contributed by atoms with van der Waals surface area (Å²) < 4.78 is 45.3. The first-order valence-corrected chi connectivity index (χ1v) is 11.8. The third-order valence-corrected chi connectivity index (χ3v) is 6.24. The number of halogens is 3. The van der Waals surface area contributed by atoms with Crippen LogP contribution in [0, 0.1) is 0 Å². The number of hydrogen-bond donors (Lipinski definition) is 2. The summed E-state index contributed by atoms with van der Waals surface area (Å²) in [4.78, 5) is 26.9. The summed E-state index contributed by atoms with van der Waals surface area (Å²) in [5.74, 6) is -0.293. The maximum atomic E-state index is 13.2. The lowest BCUT2D eigenvalue weighted by Gasteiger charge is -2.33. The molecule has 1 fully saturated rings. The van der Waals surface area contributed by atoms with Crippen LogP contribution >= 0.6 is 11.3 Å². The highest BCUT2D eigenvalue weighted by molar-refractivity contribution is 7.12. The number of thiophene rings is 1. The second-order valence-electron chi connectivity index (χ2n) is 7.72. The standard InChI is InChI=1S/C23H27F3N4O3S/c1-27-22(32)21(29-28-12-4-7-18(31)20-9-5-15-34-20)30-13-10-16(11-14-30)33-19-8-3-2-6-17(19)23(24,25)26/h2-3,5-6,8-9,15-16,28H,4,7,10-14H2,1H3,(H,27,32)/b29-21+. The van der Waals surface area contributed by atoms with Gasteiger partial charge in [0.05, 0.1) is 10.4 Å². The van der Waals surface area contributed by atoms with Crippen LogP contribution in [0.4, 0.5) is 13.2 Å². The zero-order chi connectivity index (χ0) is 24.6. The second-order valence-corrected chi connectivity index (χ2v) is 8.67. The fourth-order valence-electron chi connectivity index (χ4n) is 3.56. The summed E-state index contributed by atoms with van der Waals surface area (Å²) in [6.07, 6.45) is -3.07. The number of amides is 1. The van der Waals surface area contributed by atoms with Crippen molar-refractivity contribution in [1.82, 2.24) is 15.6 Å². The molecule has 0 atom stereocenters. The molecule has 3 rings (SSSR count). The van der Waals surface area contributed by atoms with Gasteiger partial charge in [0.1, 0.15) is 11.9 Å². The fraction of sp³-hybridized carbons (Fsp3) is 0.435. The van der Waals surface area contributed by atoms with Gasteiger partial charge in [0, 0.05) is 45.9 Å². The Balaban J connectivity index is 1.51. The summed E-state index contributed by atoms with van der Waals surface area (Å²) in [6, 6.07) is 8.78. The number of alkyl halides is 3. The monoisotopic (exact) mass is 496 g/mol. The molecule has 7 nitrogen and oxygen atoms in total. The summed E-state index contributed by atoms with van der Waals surface area (Å²) in [7, 11) is 1.50. The minimum absolute atomic E-state index is 0.0708. The van der Waals surface area contributed by atoms with E-state index in [0.29, 0.717) is 45.3 Å². The van der Waals surface area contributed by atoms with Crippen molar-refractivity contribution in [2.24, 2.45) is 5.10 Å². The predicted molar refractivity (Wildman–Crippen MR) is 124 cm³/mol. The molecule has 0 aliphatic carbocycles. The maximum absolute atomic E-state index is 13.2. The molecule has 0 bridgehead atoms. The largest absolute Gasteiger partial charge is 0.490 e. The Kier molecular flexibility index (Phi) is 8.91. The highest BCUT2D eigenvalue weighted by Gasteiger charge is 2.35. The van der Waals surface area contributed by atoms with Crippen LogP contribution in [0.2, 0.25) is 0 Å². The Morgan fingerprint density at radius 1 is 1.18 bits per heavy atom. The van der Waals surface area contributed by atoms with Crippen molar-refractivity contribution in [3.63, 3.8) is 0 Å². The van der Waals surface area contributed by atoms with Crippen LogP contribution in [0.25, 0.3) is 0 Å². The van der Waals surface area contributed by atoms with E-state index in [1.165, 1.54) is 36.6 Å². The summed E-state index contributed by atoms with van der Waals surface area (Å²) in [6.45, 7) is 1.23. The van der Waals surface area contributed by atoms with Crippen molar-refractivity contribution < 1.29 is 27.5 Å². The van der Waals surface area contributed by atoms with E-state index in [1.54, 1.807) is 11.0 Å². The zero-order valence-corrected chi connectivity index (χ0v) is 19.5. The average Bonchev–Trinajstić information content (AvgIpc) is 3.36. The molecule has 1 aliphatic heterocycles. The van der Waals surface area contributed by atoms with Gasteiger partial charge >= 0.3 is 6.18 Å². The molecule has 1 aliphatic rings. The third-order valence-electron chi connectivity index (χ3n) is 5.33. The summed E-state index contributed by atoms with van der Waals surface area (Å²) >= 11 is 1.40. The second kappa shape index (κ2) is 11.9. The van der Waals surface area contributed by atoms with E-state index in [1.807, 2.05) is 11.4 Å². The Hall–Kier alpha value is -3.08. The van der Waals surface area contributed by atoms with E-state index in [2.05, 4.69) is 15.8 Å². The number of para-hydroxylation sites is 1. The maximum Gasteiger partial charge on any atom is 0.419 e. The Bertz CT molecular complexity index is 988. The molecule has 1 saturated heterocycles. The number of hydrogen-bond acceptors (Lipinski definition) is 6. The predicted octanol–water partition coefficient (Wildman–Crippen LogP) is 3.92. The zero-order valence-electron chi connectivity index (χ0n) is 18.7. The number of likely N-dealkylation sites (tertiary alicyclic amines) is 1. The van der Waals surface area contributed by atoms with E-state index in [9.17, 15) is 22.8 Å². The number of piperidine rings is 1. The van der Waals surface area contributed by atoms with Crippen LogP contribution in [-0.4, -0.2) is 55.2 Å². The molecule has 184 valence electrons. The highest BCUT2D eigenvalue weighted by Crippen LogP contribution is 2.37. The van der Waals surface area contributed by atoms with E-state index >= 15 is 0 Å². The first-order chi connectivity index (χ1) is 16.3. The summed E-state index contributed by atoms with van der Waals surface area (Å²) in [5, 5.41) is 8.63. The topological polar surface area (TPSA) is 83.0 Å². The molecule has 11 heteroatoms. The van der Waals surface area contributed by atoms with Crippen molar-refractivity contribution in [3.05, 3.63) is 52.2 Å². The minimum atomic E-state index is -4.49. The molecule has 34 heavy (non-hydrogen) atoms. The summed E-state index contributed by atoms with van der Waals surface area (Å²) in [5.41, 5.74) is 2.05. The molecule has 0 spiro atoms. The number of nitrogens with zero attached hydrogens (tertiary/aromatic N) is 2. The number of benzene rings is 1. The van der Waals surface area contributed by atoms with E-state index in [0.717, 1.165) is 10.9 Å². The number of hydrazone groups is 1. The number of ketones is 1. The van der Waals surface area contributed by atoms with Gasteiger partial charge in [0.25, 0.3) is 5.91 Å². The number of carbonyl (C=O) groups excluding carboxylic acids is 2. The molecule has 0 radical (unpaired) electrons. The molecule has 2 heterocycles. The molecule has 0 saturated carbocycles. The lowest BCUT2D eigenvalue weighted by Crippen LogP contribution is -2.48. The van der Waals surface area contributed by atoms with Gasteiger partial charge in [-0.2, -0.15) is 18.3 Å². The van der Waals surface area contributed by atoms with Crippen LogP contribution in [0.15, 0.2) is 46.9 Å². The molecule has 1 aromatic carbocycles. The van der Waals surface area contributed by atoms with Crippen LogP contribution < -0.4 is 15.5 Å². The SMILES string of the molecule is CNC(=O)/C(=N\NCCCC(=O)c1cccs1)N1CCC(Oc2ccccc2C(F)(F)F)CC1.